The van der Waals surface area contributed by atoms with Gasteiger partial charge < -0.3 is 10.1 Å². The van der Waals surface area contributed by atoms with Crippen LogP contribution in [0, 0.1) is 5.82 Å². The summed E-state index contributed by atoms with van der Waals surface area (Å²) >= 11 is 5.81. The highest BCUT2D eigenvalue weighted by atomic mass is 35.5. The van der Waals surface area contributed by atoms with E-state index in [0.29, 0.717) is 11.4 Å². The maximum absolute atomic E-state index is 13.5. The monoisotopic (exact) mass is 349 g/mol. The minimum atomic E-state index is -1.02. The van der Waals surface area contributed by atoms with Crippen molar-refractivity contribution >= 4 is 35.3 Å². The predicted molar refractivity (Wildman–Crippen MR) is 88.8 cm³/mol. The van der Waals surface area contributed by atoms with Crippen molar-refractivity contribution in [2.24, 2.45) is 5.10 Å². The molecule has 0 spiro atoms. The van der Waals surface area contributed by atoms with E-state index in [4.69, 9.17) is 16.3 Å². The fraction of sp³-hybridized carbons (Fsp3) is 0.0625. The number of carbonyl (C=O) groups is 2. The van der Waals surface area contributed by atoms with Crippen LogP contribution in [0.25, 0.3) is 0 Å². The minimum absolute atomic E-state index is 0.00426. The van der Waals surface area contributed by atoms with Gasteiger partial charge in [-0.1, -0.05) is 29.8 Å². The molecule has 0 bridgehead atoms. The third-order valence-corrected chi connectivity index (χ3v) is 3.25. The van der Waals surface area contributed by atoms with Crippen LogP contribution in [0.3, 0.4) is 0 Å². The number of rotatable bonds is 4. The first kappa shape index (κ1) is 17.4. The smallest absolute Gasteiger partial charge is 0.329 e. The highest BCUT2D eigenvalue weighted by Crippen LogP contribution is 2.22. The van der Waals surface area contributed by atoms with Gasteiger partial charge in [0.2, 0.25) is 0 Å². The Hall–Kier alpha value is -2.93. The number of hydrazone groups is 1. The lowest BCUT2D eigenvalue weighted by molar-refractivity contribution is -0.136. The van der Waals surface area contributed by atoms with Crippen molar-refractivity contribution < 1.29 is 18.7 Å². The quantitative estimate of drug-likeness (QED) is 0.506. The van der Waals surface area contributed by atoms with E-state index in [9.17, 15) is 14.0 Å². The number of hydrogen-bond acceptors (Lipinski definition) is 4. The van der Waals surface area contributed by atoms with Gasteiger partial charge in [-0.05, 0) is 24.3 Å². The number of hydrogen-bond donors (Lipinski definition) is 2. The van der Waals surface area contributed by atoms with Crippen molar-refractivity contribution in [3.05, 3.63) is 58.9 Å². The molecule has 2 amide bonds. The molecule has 124 valence electrons. The molecule has 2 rings (SSSR count). The largest absolute Gasteiger partial charge is 0.495 e. The summed E-state index contributed by atoms with van der Waals surface area (Å²) in [6.45, 7) is 0. The van der Waals surface area contributed by atoms with Gasteiger partial charge in [0.15, 0.2) is 0 Å². The van der Waals surface area contributed by atoms with E-state index >= 15 is 0 Å². The number of amides is 2. The van der Waals surface area contributed by atoms with Crippen LogP contribution in [0.1, 0.15) is 5.56 Å². The van der Waals surface area contributed by atoms with Crippen molar-refractivity contribution in [1.82, 2.24) is 5.43 Å². The maximum Gasteiger partial charge on any atom is 0.329 e. The van der Waals surface area contributed by atoms with Gasteiger partial charge in [-0.3, -0.25) is 9.59 Å². The van der Waals surface area contributed by atoms with E-state index in [0.717, 1.165) is 6.21 Å². The van der Waals surface area contributed by atoms with Gasteiger partial charge in [0.1, 0.15) is 11.6 Å². The number of anilines is 1. The fourth-order valence-electron chi connectivity index (χ4n) is 1.77. The average molecular weight is 350 g/mol. The number of methoxy groups -OCH3 is 1. The fourth-order valence-corrected chi connectivity index (χ4v) is 1.98. The lowest BCUT2D eigenvalue weighted by Gasteiger charge is -2.08. The molecule has 2 N–H and O–H groups in total. The average Bonchev–Trinajstić information content (AvgIpc) is 2.57. The number of carbonyl (C=O) groups excluding carboxylic acids is 2. The Labute approximate surface area is 142 Å². The van der Waals surface area contributed by atoms with Gasteiger partial charge in [0.25, 0.3) is 0 Å². The molecule has 6 nitrogen and oxygen atoms in total. The summed E-state index contributed by atoms with van der Waals surface area (Å²) < 4.78 is 18.6. The van der Waals surface area contributed by atoms with Gasteiger partial charge in [0.05, 0.1) is 24.0 Å². The molecule has 0 radical (unpaired) electrons. The lowest BCUT2D eigenvalue weighted by Crippen LogP contribution is -2.32. The summed E-state index contributed by atoms with van der Waals surface area (Å²) in [7, 11) is 1.44. The second kappa shape index (κ2) is 8.07. The van der Waals surface area contributed by atoms with Crippen LogP contribution < -0.4 is 15.5 Å². The number of halogens is 2. The molecule has 0 aliphatic rings. The van der Waals surface area contributed by atoms with Crippen LogP contribution in [0.15, 0.2) is 47.6 Å². The Bertz CT molecular complexity index is 776. The molecule has 0 aliphatic carbocycles. The van der Waals surface area contributed by atoms with E-state index in [2.05, 4.69) is 10.4 Å². The van der Waals surface area contributed by atoms with E-state index in [1.54, 1.807) is 24.3 Å². The van der Waals surface area contributed by atoms with Crippen molar-refractivity contribution in [2.75, 3.05) is 12.4 Å². The summed E-state index contributed by atoms with van der Waals surface area (Å²) in [6, 6.07) is 10.7. The molecule has 0 atom stereocenters. The summed E-state index contributed by atoms with van der Waals surface area (Å²) in [5.74, 6) is -2.17. The van der Waals surface area contributed by atoms with Crippen LogP contribution in [0.2, 0.25) is 5.02 Å². The number of nitrogens with one attached hydrogen (secondary N) is 2. The van der Waals surface area contributed by atoms with Crippen LogP contribution in [0.5, 0.6) is 5.75 Å². The van der Waals surface area contributed by atoms with Crippen molar-refractivity contribution in [3.8, 4) is 5.75 Å². The zero-order chi connectivity index (χ0) is 17.5. The topological polar surface area (TPSA) is 79.8 Å². The normalized spacial score (nSPS) is 10.5. The molecule has 2 aromatic carbocycles. The molecule has 0 unspecified atom stereocenters. The third kappa shape index (κ3) is 4.30. The van der Waals surface area contributed by atoms with E-state index in [1.807, 2.05) is 5.43 Å². The first-order chi connectivity index (χ1) is 11.5. The molecule has 24 heavy (non-hydrogen) atoms. The van der Waals surface area contributed by atoms with Gasteiger partial charge in [0, 0.05) is 5.56 Å². The number of benzene rings is 2. The first-order valence-electron chi connectivity index (χ1n) is 6.74. The summed E-state index contributed by atoms with van der Waals surface area (Å²) in [6.07, 6.45) is 1.02. The first-order valence-corrected chi connectivity index (χ1v) is 7.12. The zero-order valence-corrected chi connectivity index (χ0v) is 13.3. The molecule has 0 aliphatic heterocycles. The van der Waals surface area contributed by atoms with Gasteiger partial charge in [-0.25, -0.2) is 9.82 Å². The van der Waals surface area contributed by atoms with Crippen molar-refractivity contribution in [3.63, 3.8) is 0 Å². The highest BCUT2D eigenvalue weighted by Gasteiger charge is 2.15. The van der Waals surface area contributed by atoms with Crippen LogP contribution in [0.4, 0.5) is 10.1 Å². The molecule has 0 aromatic heterocycles. The van der Waals surface area contributed by atoms with E-state index in [-0.39, 0.29) is 10.6 Å². The Balaban J connectivity index is 1.99. The minimum Gasteiger partial charge on any atom is -0.495 e. The number of ether oxygens (including phenoxy) is 1. The molecular weight excluding hydrogens is 337 g/mol. The zero-order valence-electron chi connectivity index (χ0n) is 12.5. The van der Waals surface area contributed by atoms with Gasteiger partial charge in [-0.15, -0.1) is 0 Å². The van der Waals surface area contributed by atoms with E-state index in [1.165, 1.54) is 25.3 Å². The molecule has 0 saturated carbocycles. The molecular formula is C16H13ClFN3O3. The Kier molecular flexibility index (Phi) is 5.86. The summed E-state index contributed by atoms with van der Waals surface area (Å²) in [4.78, 5) is 23.5. The number of para-hydroxylation sites is 2. The Morgan fingerprint density at radius 3 is 2.62 bits per heavy atom. The molecule has 0 saturated heterocycles. The molecule has 0 heterocycles. The third-order valence-electron chi connectivity index (χ3n) is 2.92. The van der Waals surface area contributed by atoms with Gasteiger partial charge in [-0.2, -0.15) is 5.10 Å². The lowest BCUT2D eigenvalue weighted by atomic mass is 10.2. The van der Waals surface area contributed by atoms with Crippen LogP contribution in [-0.2, 0) is 9.59 Å². The Morgan fingerprint density at radius 2 is 1.92 bits per heavy atom. The SMILES string of the molecule is COc1ccccc1NC(=O)C(=O)N/N=C/c1c(F)cccc1Cl. The Morgan fingerprint density at radius 1 is 1.17 bits per heavy atom. The highest BCUT2D eigenvalue weighted by molar-refractivity contribution is 6.39. The summed E-state index contributed by atoms with van der Waals surface area (Å²) in [5.41, 5.74) is 2.33. The maximum atomic E-state index is 13.5. The molecule has 8 heteroatoms. The van der Waals surface area contributed by atoms with Crippen LogP contribution in [-0.4, -0.2) is 25.1 Å². The standard InChI is InChI=1S/C16H13ClFN3O3/c1-24-14-8-3-2-7-13(14)20-15(22)16(23)21-19-9-10-11(17)5-4-6-12(10)18/h2-9H,1H3,(H,20,22)(H,21,23)/b19-9+. The van der Waals surface area contributed by atoms with Crippen molar-refractivity contribution in [2.45, 2.75) is 0 Å². The molecule has 0 fully saturated rings. The second-order valence-electron chi connectivity index (χ2n) is 4.49. The van der Waals surface area contributed by atoms with Crippen LogP contribution >= 0.6 is 11.6 Å². The molecule has 2 aromatic rings. The van der Waals surface area contributed by atoms with E-state index < -0.39 is 17.6 Å². The van der Waals surface area contributed by atoms with Crippen molar-refractivity contribution in [1.29, 1.82) is 0 Å². The predicted octanol–water partition coefficient (Wildman–Crippen LogP) is 2.58. The number of nitrogens with zero attached hydrogens (tertiary/aromatic N) is 1. The summed E-state index contributed by atoms with van der Waals surface area (Å²) in [5, 5.41) is 6.04. The second-order valence-corrected chi connectivity index (χ2v) is 4.90. The van der Waals surface area contributed by atoms with Gasteiger partial charge >= 0.3 is 11.8 Å².